The number of nitrogens with zero attached hydrogens (tertiary/aromatic N) is 3. The predicted molar refractivity (Wildman–Crippen MR) is 113 cm³/mol. The van der Waals surface area contributed by atoms with Crippen LogP contribution in [-0.4, -0.2) is 44.4 Å². The van der Waals surface area contributed by atoms with Crippen molar-refractivity contribution in [3.8, 4) is 0 Å². The molecule has 30 heavy (non-hydrogen) atoms. The van der Waals surface area contributed by atoms with Crippen molar-refractivity contribution in [3.05, 3.63) is 60.2 Å². The molecule has 7 nitrogen and oxygen atoms in total. The lowest BCUT2D eigenvalue weighted by molar-refractivity contribution is -0.196. The minimum absolute atomic E-state index is 0.200. The monoisotopic (exact) mass is 429 g/mol. The molecule has 0 spiro atoms. The Morgan fingerprint density at radius 1 is 1.33 bits per heavy atom. The molecule has 0 aromatic carbocycles. The van der Waals surface area contributed by atoms with Gasteiger partial charge < -0.3 is 18.8 Å². The fourth-order valence-electron chi connectivity index (χ4n) is 3.88. The molecule has 2 aromatic rings. The zero-order chi connectivity index (χ0) is 21.5. The summed E-state index contributed by atoms with van der Waals surface area (Å²) in [7, 11) is 0. The number of ether oxygens (including phenoxy) is 3. The van der Waals surface area contributed by atoms with Gasteiger partial charge in [-0.25, -0.2) is 9.97 Å². The van der Waals surface area contributed by atoms with Crippen molar-refractivity contribution >= 4 is 28.4 Å². The second-order valence-electron chi connectivity index (χ2n) is 7.66. The fraction of sp³-hybridized carbons (Fsp3) is 0.409. The van der Waals surface area contributed by atoms with Gasteiger partial charge in [0.2, 0.25) is 0 Å². The van der Waals surface area contributed by atoms with Crippen LogP contribution in [0.4, 0.5) is 0 Å². The van der Waals surface area contributed by atoms with E-state index in [1.165, 1.54) is 12.4 Å². The summed E-state index contributed by atoms with van der Waals surface area (Å²) < 4.78 is 20.2. The molecule has 0 radical (unpaired) electrons. The quantitative estimate of drug-likeness (QED) is 0.390. The van der Waals surface area contributed by atoms with Crippen molar-refractivity contribution < 1.29 is 19.0 Å². The van der Waals surface area contributed by atoms with Crippen LogP contribution in [0.3, 0.4) is 0 Å². The number of carbonyl (C=O) groups excluding carboxylic acids is 1. The number of aromatic nitrogens is 3. The first-order chi connectivity index (χ1) is 14.4. The van der Waals surface area contributed by atoms with Crippen LogP contribution < -0.4 is 0 Å². The third kappa shape index (κ3) is 3.63. The molecule has 158 valence electrons. The molecule has 8 heteroatoms. The van der Waals surface area contributed by atoms with Gasteiger partial charge in [-0.1, -0.05) is 49.4 Å². The van der Waals surface area contributed by atoms with Crippen LogP contribution in [0.2, 0.25) is 5.15 Å². The van der Waals surface area contributed by atoms with Crippen LogP contribution in [0.15, 0.2) is 55.0 Å². The van der Waals surface area contributed by atoms with Crippen molar-refractivity contribution in [1.82, 2.24) is 14.5 Å². The summed E-state index contributed by atoms with van der Waals surface area (Å²) in [6, 6.07) is 1.82. The molecule has 4 heterocycles. The number of hydrogen-bond acceptors (Lipinski definition) is 6. The Kier molecular flexibility index (Phi) is 5.63. The molecular weight excluding hydrogens is 406 g/mol. The molecule has 2 saturated heterocycles. The van der Waals surface area contributed by atoms with Gasteiger partial charge in [-0.15, -0.1) is 0 Å². The minimum atomic E-state index is -0.842. The Bertz CT molecular complexity index is 1040. The number of allylic oxidation sites excluding steroid dienone is 4. The highest BCUT2D eigenvalue weighted by Crippen LogP contribution is 2.44. The summed E-state index contributed by atoms with van der Waals surface area (Å²) in [4.78, 5) is 21.6. The number of rotatable bonds is 6. The van der Waals surface area contributed by atoms with Gasteiger partial charge in [0.25, 0.3) is 0 Å². The molecule has 0 aliphatic carbocycles. The van der Waals surface area contributed by atoms with Gasteiger partial charge in [-0.3, -0.25) is 4.79 Å². The molecule has 0 bridgehead atoms. The van der Waals surface area contributed by atoms with Gasteiger partial charge in [-0.2, -0.15) is 0 Å². The summed E-state index contributed by atoms with van der Waals surface area (Å²) in [5.41, 5.74) is 1.06. The summed E-state index contributed by atoms with van der Waals surface area (Å²) in [6.45, 7) is 9.45. The van der Waals surface area contributed by atoms with Gasteiger partial charge in [0.15, 0.2) is 23.9 Å². The zero-order valence-electron chi connectivity index (χ0n) is 17.1. The van der Waals surface area contributed by atoms with E-state index in [1.807, 2.05) is 49.8 Å². The number of halogens is 1. The average molecular weight is 430 g/mol. The highest BCUT2D eigenvalue weighted by Gasteiger charge is 2.58. The Labute approximate surface area is 180 Å². The Balaban J connectivity index is 1.71. The van der Waals surface area contributed by atoms with Gasteiger partial charge in [0, 0.05) is 11.8 Å². The molecule has 0 N–H and O–H groups in total. The molecular formula is C22H24ClN3O4. The van der Waals surface area contributed by atoms with E-state index >= 15 is 0 Å². The van der Waals surface area contributed by atoms with E-state index < -0.39 is 30.3 Å². The molecule has 4 atom stereocenters. The third-order valence-corrected chi connectivity index (χ3v) is 5.48. The Morgan fingerprint density at radius 2 is 2.10 bits per heavy atom. The second kappa shape index (κ2) is 8.07. The molecule has 0 unspecified atom stereocenters. The van der Waals surface area contributed by atoms with E-state index in [-0.39, 0.29) is 5.78 Å². The van der Waals surface area contributed by atoms with Crippen LogP contribution in [0.5, 0.6) is 0 Å². The van der Waals surface area contributed by atoms with E-state index in [1.54, 1.807) is 6.08 Å². The molecule has 4 rings (SSSR count). The first kappa shape index (κ1) is 20.9. The molecule has 0 amide bonds. The molecule has 2 fully saturated rings. The second-order valence-corrected chi connectivity index (χ2v) is 8.02. The summed E-state index contributed by atoms with van der Waals surface area (Å²) >= 11 is 6.19. The van der Waals surface area contributed by atoms with Crippen molar-refractivity contribution in [2.75, 3.05) is 0 Å². The number of hydrogen-bond donors (Lipinski definition) is 0. The molecule has 2 aliphatic rings. The highest BCUT2D eigenvalue weighted by molar-refractivity contribution is 6.33. The van der Waals surface area contributed by atoms with Crippen LogP contribution in [0, 0.1) is 0 Å². The maximum atomic E-state index is 13.3. The maximum Gasteiger partial charge on any atom is 0.194 e. The van der Waals surface area contributed by atoms with E-state index in [0.717, 1.165) is 6.42 Å². The minimum Gasteiger partial charge on any atom is -0.341 e. The highest BCUT2D eigenvalue weighted by atomic mass is 35.5. The standard InChI is InChI=1S/C22H24ClN3O4/c1-5-7-8-9-13(6-2)15(27)16-17-18(30-22(3,4)29-17)21(28-16)26-11-10-14-19(23)24-12-25-20(14)26/h6-12,16-18,21H,2,5H2,1,3-4H3/t16-,17-,18-,21-/m1/s1. The third-order valence-electron chi connectivity index (χ3n) is 5.17. The van der Waals surface area contributed by atoms with Gasteiger partial charge in [0.1, 0.15) is 29.3 Å². The lowest BCUT2D eigenvalue weighted by Gasteiger charge is -2.24. The number of Topliss-reactive ketones (excluding diaryl/α,β-unsaturated/α-hetero) is 1. The Morgan fingerprint density at radius 3 is 2.83 bits per heavy atom. The topological polar surface area (TPSA) is 75.5 Å². The first-order valence-corrected chi connectivity index (χ1v) is 10.3. The van der Waals surface area contributed by atoms with Crippen molar-refractivity contribution in [2.24, 2.45) is 0 Å². The van der Waals surface area contributed by atoms with E-state index in [0.29, 0.717) is 21.8 Å². The molecule has 2 aliphatic heterocycles. The van der Waals surface area contributed by atoms with Gasteiger partial charge in [-0.05, 0) is 26.3 Å². The predicted octanol–water partition coefficient (Wildman–Crippen LogP) is 4.15. The summed E-state index contributed by atoms with van der Waals surface area (Å²) in [5.74, 6) is -1.04. The van der Waals surface area contributed by atoms with E-state index in [2.05, 4.69) is 16.5 Å². The van der Waals surface area contributed by atoms with Crippen molar-refractivity contribution in [2.45, 2.75) is 57.5 Å². The van der Waals surface area contributed by atoms with Crippen LogP contribution in [0.25, 0.3) is 11.0 Å². The lowest BCUT2D eigenvalue weighted by atomic mass is 10.0. The zero-order valence-corrected chi connectivity index (χ0v) is 17.9. The van der Waals surface area contributed by atoms with Crippen LogP contribution in [0.1, 0.15) is 33.4 Å². The largest absolute Gasteiger partial charge is 0.341 e. The smallest absolute Gasteiger partial charge is 0.194 e. The van der Waals surface area contributed by atoms with E-state index in [4.69, 9.17) is 25.8 Å². The number of fused-ring (bicyclic) bond motifs is 2. The lowest BCUT2D eigenvalue weighted by Crippen LogP contribution is -2.36. The van der Waals surface area contributed by atoms with Crippen molar-refractivity contribution in [3.63, 3.8) is 0 Å². The fourth-order valence-corrected chi connectivity index (χ4v) is 4.07. The normalized spacial score (nSPS) is 28.3. The van der Waals surface area contributed by atoms with Crippen LogP contribution >= 0.6 is 11.6 Å². The number of carbonyl (C=O) groups is 1. The summed E-state index contributed by atoms with van der Waals surface area (Å²) in [5, 5.41) is 1.05. The molecule has 2 aromatic heterocycles. The van der Waals surface area contributed by atoms with Crippen molar-refractivity contribution in [1.29, 1.82) is 0 Å². The first-order valence-electron chi connectivity index (χ1n) is 9.88. The summed E-state index contributed by atoms with van der Waals surface area (Å²) in [6.07, 6.45) is 8.66. The average Bonchev–Trinajstić information content (AvgIpc) is 3.36. The number of ketones is 1. The Hall–Kier alpha value is -2.32. The van der Waals surface area contributed by atoms with Gasteiger partial charge in [0.05, 0.1) is 5.39 Å². The van der Waals surface area contributed by atoms with Crippen LogP contribution in [-0.2, 0) is 19.0 Å². The van der Waals surface area contributed by atoms with Gasteiger partial charge >= 0.3 is 0 Å². The molecule has 0 saturated carbocycles. The SMILES string of the molecule is C=CC(=CC=CCC)C(=O)[C@H]1O[C@@H](n2ccc3c(Cl)ncnc32)[C@@H]2OC(C)(C)O[C@@H]21. The maximum absolute atomic E-state index is 13.3. The van der Waals surface area contributed by atoms with E-state index in [9.17, 15) is 4.79 Å².